The molecular formula is C14H14N4O2. The molecule has 3 rings (SSSR count). The molecule has 0 spiro atoms. The minimum Gasteiger partial charge on any atom is -0.424 e. The van der Waals surface area contributed by atoms with Gasteiger partial charge in [-0.3, -0.25) is 5.43 Å². The average molecular weight is 270 g/mol. The Morgan fingerprint density at radius 1 is 1.30 bits per heavy atom. The molecule has 1 atom stereocenters. The molecule has 1 aromatic heterocycles. The van der Waals surface area contributed by atoms with Crippen LogP contribution in [0.3, 0.4) is 0 Å². The van der Waals surface area contributed by atoms with Gasteiger partial charge in [-0.05, 0) is 17.7 Å². The summed E-state index contributed by atoms with van der Waals surface area (Å²) in [5, 5.41) is 1.79. The lowest BCUT2D eigenvalue weighted by molar-refractivity contribution is 0.0127. The van der Waals surface area contributed by atoms with E-state index in [2.05, 4.69) is 10.4 Å². The molecule has 1 unspecified atom stereocenters. The van der Waals surface area contributed by atoms with Crippen molar-refractivity contribution in [3.05, 3.63) is 59.8 Å². The zero-order valence-electron chi connectivity index (χ0n) is 10.7. The van der Waals surface area contributed by atoms with E-state index in [1.54, 1.807) is 11.2 Å². The van der Waals surface area contributed by atoms with E-state index in [1.165, 1.54) is 0 Å². The maximum absolute atomic E-state index is 11.1. The minimum atomic E-state index is -0.806. The second-order valence-electron chi connectivity index (χ2n) is 4.44. The van der Waals surface area contributed by atoms with Gasteiger partial charge >= 0.3 is 6.09 Å². The Labute approximate surface area is 116 Å². The van der Waals surface area contributed by atoms with Crippen LogP contribution in [0.25, 0.3) is 0 Å². The number of anilines is 1. The third kappa shape index (κ3) is 2.41. The van der Waals surface area contributed by atoms with Crippen LogP contribution in [-0.4, -0.2) is 16.1 Å². The summed E-state index contributed by atoms with van der Waals surface area (Å²) >= 11 is 0. The van der Waals surface area contributed by atoms with Crippen molar-refractivity contribution in [1.82, 2.24) is 9.99 Å². The van der Waals surface area contributed by atoms with Crippen molar-refractivity contribution < 1.29 is 9.53 Å². The summed E-state index contributed by atoms with van der Waals surface area (Å²) in [7, 11) is 0. The number of carbonyl (C=O) groups is 1. The number of aromatic nitrogens is 1. The van der Waals surface area contributed by atoms with Crippen molar-refractivity contribution in [3.8, 4) is 0 Å². The molecule has 0 saturated carbocycles. The highest BCUT2D eigenvalue weighted by Gasteiger charge is 2.32. The zero-order chi connectivity index (χ0) is 13.9. The number of fused-ring (bicyclic) bond motifs is 1. The number of hydrogen-bond donors (Lipinski definition) is 2. The number of benzene rings is 1. The molecule has 20 heavy (non-hydrogen) atoms. The van der Waals surface area contributed by atoms with Gasteiger partial charge in [-0.25, -0.2) is 9.78 Å². The summed E-state index contributed by atoms with van der Waals surface area (Å²) in [6, 6.07) is 13.3. The Balaban J connectivity index is 1.86. The Morgan fingerprint density at radius 3 is 2.85 bits per heavy atom. The number of carbonyl (C=O) groups excluding carboxylic acids is 1. The number of hydrogen-bond acceptors (Lipinski definition) is 5. The standard InChI is InChI=1S/C14H14N4O2/c15-14(19)20-13-11-6-2-1-5-10(11)9-18(13)17-12-7-3-4-8-16-12/h1-8,13H,9H2,(H2,15,19)(H,16,17). The van der Waals surface area contributed by atoms with Crippen LogP contribution in [0, 0.1) is 0 Å². The first-order valence-corrected chi connectivity index (χ1v) is 6.22. The topological polar surface area (TPSA) is 80.5 Å². The molecule has 0 fully saturated rings. The molecule has 0 aliphatic carbocycles. The van der Waals surface area contributed by atoms with Crippen LogP contribution in [0.15, 0.2) is 48.7 Å². The van der Waals surface area contributed by atoms with Crippen LogP contribution in [0.5, 0.6) is 0 Å². The van der Waals surface area contributed by atoms with Gasteiger partial charge in [-0.2, -0.15) is 5.01 Å². The van der Waals surface area contributed by atoms with Crippen molar-refractivity contribution in [2.45, 2.75) is 12.8 Å². The summed E-state index contributed by atoms with van der Waals surface area (Å²) < 4.78 is 5.20. The van der Waals surface area contributed by atoms with Crippen LogP contribution in [-0.2, 0) is 11.3 Å². The number of nitrogens with zero attached hydrogens (tertiary/aromatic N) is 2. The number of nitrogens with two attached hydrogens (primary N) is 1. The van der Waals surface area contributed by atoms with E-state index in [0.717, 1.165) is 11.1 Å². The lowest BCUT2D eigenvalue weighted by Gasteiger charge is -2.24. The van der Waals surface area contributed by atoms with Crippen molar-refractivity contribution in [2.75, 3.05) is 5.43 Å². The van der Waals surface area contributed by atoms with Gasteiger partial charge in [0.15, 0.2) is 0 Å². The summed E-state index contributed by atoms with van der Waals surface area (Å²) in [4.78, 5) is 15.3. The van der Waals surface area contributed by atoms with E-state index in [4.69, 9.17) is 10.5 Å². The monoisotopic (exact) mass is 270 g/mol. The van der Waals surface area contributed by atoms with Crippen molar-refractivity contribution >= 4 is 11.9 Å². The van der Waals surface area contributed by atoms with Crippen LogP contribution in [0.2, 0.25) is 0 Å². The smallest absolute Gasteiger partial charge is 0.406 e. The maximum Gasteiger partial charge on any atom is 0.406 e. The van der Waals surface area contributed by atoms with Crippen LogP contribution < -0.4 is 11.2 Å². The predicted octanol–water partition coefficient (Wildman–Crippen LogP) is 2.02. The van der Waals surface area contributed by atoms with Crippen molar-refractivity contribution in [3.63, 3.8) is 0 Å². The summed E-state index contributed by atoms with van der Waals surface area (Å²) in [5.74, 6) is 0.679. The lowest BCUT2D eigenvalue weighted by Crippen LogP contribution is -2.33. The van der Waals surface area contributed by atoms with E-state index in [-0.39, 0.29) is 0 Å². The largest absolute Gasteiger partial charge is 0.424 e. The molecule has 102 valence electrons. The summed E-state index contributed by atoms with van der Waals surface area (Å²) in [6.07, 6.45) is 0.334. The number of rotatable bonds is 3. The molecule has 1 aromatic carbocycles. The highest BCUT2D eigenvalue weighted by molar-refractivity contribution is 5.65. The molecule has 6 heteroatoms. The van der Waals surface area contributed by atoms with Crippen LogP contribution in [0.1, 0.15) is 17.4 Å². The quantitative estimate of drug-likeness (QED) is 0.891. The van der Waals surface area contributed by atoms with Gasteiger partial charge in [-0.1, -0.05) is 30.3 Å². The first-order valence-electron chi connectivity index (χ1n) is 6.22. The fourth-order valence-corrected chi connectivity index (χ4v) is 2.26. The maximum atomic E-state index is 11.1. The van der Waals surface area contributed by atoms with Gasteiger partial charge in [0.2, 0.25) is 6.23 Å². The van der Waals surface area contributed by atoms with Gasteiger partial charge in [0.05, 0.1) is 0 Å². The summed E-state index contributed by atoms with van der Waals surface area (Å²) in [5.41, 5.74) is 10.3. The molecule has 1 amide bonds. The first kappa shape index (κ1) is 12.4. The van der Waals surface area contributed by atoms with E-state index >= 15 is 0 Å². The third-order valence-electron chi connectivity index (χ3n) is 3.10. The SMILES string of the molecule is NC(=O)OC1c2ccccc2CN1Nc1ccccn1. The normalized spacial score (nSPS) is 17.5. The highest BCUT2D eigenvalue weighted by atomic mass is 16.6. The predicted molar refractivity (Wildman–Crippen MR) is 73.3 cm³/mol. The summed E-state index contributed by atoms with van der Waals surface area (Å²) in [6.45, 7) is 0.602. The molecule has 1 aliphatic heterocycles. The first-order chi connectivity index (χ1) is 9.74. The average Bonchev–Trinajstić information content (AvgIpc) is 2.78. The number of nitrogens with one attached hydrogen (secondary N) is 1. The highest BCUT2D eigenvalue weighted by Crippen LogP contribution is 2.34. The van der Waals surface area contributed by atoms with Crippen molar-refractivity contribution in [2.24, 2.45) is 5.73 Å². The zero-order valence-corrected chi connectivity index (χ0v) is 10.7. The lowest BCUT2D eigenvalue weighted by atomic mass is 10.1. The molecule has 2 heterocycles. The molecule has 6 nitrogen and oxygen atoms in total. The number of ether oxygens (including phenoxy) is 1. The van der Waals surface area contributed by atoms with Gasteiger partial charge in [0, 0.05) is 18.3 Å². The Kier molecular flexibility index (Phi) is 3.22. The second-order valence-corrected chi connectivity index (χ2v) is 4.44. The van der Waals surface area contributed by atoms with Gasteiger partial charge in [0.1, 0.15) is 5.82 Å². The Bertz CT molecular complexity index is 618. The molecule has 2 aromatic rings. The van der Waals surface area contributed by atoms with Crippen molar-refractivity contribution in [1.29, 1.82) is 0 Å². The van der Waals surface area contributed by atoms with Gasteiger partial charge in [-0.15, -0.1) is 0 Å². The second kappa shape index (κ2) is 5.18. The molecule has 3 N–H and O–H groups in total. The van der Waals surface area contributed by atoms with Gasteiger partial charge < -0.3 is 10.5 Å². The third-order valence-corrected chi connectivity index (χ3v) is 3.10. The minimum absolute atomic E-state index is 0.550. The molecule has 0 radical (unpaired) electrons. The Hall–Kier alpha value is -2.60. The molecule has 0 saturated heterocycles. The number of amides is 1. The Morgan fingerprint density at radius 2 is 2.10 bits per heavy atom. The van der Waals surface area contributed by atoms with E-state index in [9.17, 15) is 4.79 Å². The van der Waals surface area contributed by atoms with E-state index < -0.39 is 12.3 Å². The number of hydrazine groups is 1. The van der Waals surface area contributed by atoms with E-state index in [1.807, 2.05) is 42.5 Å². The number of pyridine rings is 1. The number of primary amides is 1. The molecular weight excluding hydrogens is 256 g/mol. The van der Waals surface area contributed by atoms with Gasteiger partial charge in [0.25, 0.3) is 0 Å². The fourth-order valence-electron chi connectivity index (χ4n) is 2.26. The fraction of sp³-hybridized carbons (Fsp3) is 0.143. The van der Waals surface area contributed by atoms with E-state index in [0.29, 0.717) is 12.4 Å². The van der Waals surface area contributed by atoms with Crippen LogP contribution in [0.4, 0.5) is 10.6 Å². The molecule has 1 aliphatic rings. The molecule has 0 bridgehead atoms. The van der Waals surface area contributed by atoms with Crippen LogP contribution >= 0.6 is 0 Å².